The molecule has 1 aromatic heterocycles. The number of likely N-dealkylation sites (tertiary alicyclic amines) is 1. The van der Waals surface area contributed by atoms with Crippen LogP contribution in [0, 0.1) is 6.92 Å². The lowest BCUT2D eigenvalue weighted by Crippen LogP contribution is -2.36. The maximum Gasteiger partial charge on any atom is 0.410 e. The molecule has 2 heterocycles. The quantitative estimate of drug-likeness (QED) is 0.782. The molecule has 0 aliphatic carbocycles. The summed E-state index contributed by atoms with van der Waals surface area (Å²) in [5.74, 6) is 0. The highest BCUT2D eigenvalue weighted by atomic mass is 32.1. The van der Waals surface area contributed by atoms with E-state index >= 15 is 0 Å². The second kappa shape index (κ2) is 4.88. The zero-order valence-electron chi connectivity index (χ0n) is 11.4. The molecule has 0 saturated carbocycles. The van der Waals surface area contributed by atoms with E-state index in [0.717, 1.165) is 24.4 Å². The standard InChI is InChI=1S/C13H20N2O2S/c1-9-8-14-11(18-9)10-6-5-7-15(10)12(16)17-13(2,3)4/h8,10H,5-7H2,1-4H3. The average molecular weight is 268 g/mol. The van der Waals surface area contributed by atoms with Crippen molar-refractivity contribution in [3.63, 3.8) is 0 Å². The summed E-state index contributed by atoms with van der Waals surface area (Å²) in [6, 6.07) is 0.0959. The molecule has 4 nitrogen and oxygen atoms in total. The van der Waals surface area contributed by atoms with Crippen molar-refractivity contribution in [1.29, 1.82) is 0 Å². The van der Waals surface area contributed by atoms with Crippen molar-refractivity contribution in [1.82, 2.24) is 9.88 Å². The second-order valence-corrected chi connectivity index (χ2v) is 6.91. The van der Waals surface area contributed by atoms with E-state index in [4.69, 9.17) is 4.74 Å². The van der Waals surface area contributed by atoms with Crippen molar-refractivity contribution < 1.29 is 9.53 Å². The molecule has 1 aromatic rings. The molecule has 1 atom stereocenters. The topological polar surface area (TPSA) is 42.4 Å². The smallest absolute Gasteiger partial charge is 0.410 e. The van der Waals surface area contributed by atoms with Crippen LogP contribution < -0.4 is 0 Å². The second-order valence-electron chi connectivity index (χ2n) is 5.64. The van der Waals surface area contributed by atoms with Gasteiger partial charge in [-0.1, -0.05) is 0 Å². The highest BCUT2D eigenvalue weighted by Crippen LogP contribution is 2.35. The fourth-order valence-electron chi connectivity index (χ4n) is 2.09. The highest BCUT2D eigenvalue weighted by Gasteiger charge is 2.34. The first-order valence-corrected chi connectivity index (χ1v) is 7.10. The fourth-order valence-corrected chi connectivity index (χ4v) is 3.01. The average Bonchev–Trinajstić information content (AvgIpc) is 2.81. The monoisotopic (exact) mass is 268 g/mol. The van der Waals surface area contributed by atoms with Gasteiger partial charge in [0.25, 0.3) is 0 Å². The Kier molecular flexibility index (Phi) is 3.61. The Balaban J connectivity index is 2.10. The van der Waals surface area contributed by atoms with Crippen LogP contribution in [0.5, 0.6) is 0 Å². The molecule has 1 fully saturated rings. The lowest BCUT2D eigenvalue weighted by Gasteiger charge is -2.27. The van der Waals surface area contributed by atoms with E-state index in [-0.39, 0.29) is 12.1 Å². The van der Waals surface area contributed by atoms with Gasteiger partial charge in [-0.25, -0.2) is 9.78 Å². The van der Waals surface area contributed by atoms with E-state index in [1.807, 2.05) is 38.8 Å². The first kappa shape index (κ1) is 13.3. The van der Waals surface area contributed by atoms with E-state index in [0.29, 0.717) is 0 Å². The molecule has 18 heavy (non-hydrogen) atoms. The summed E-state index contributed by atoms with van der Waals surface area (Å²) in [5.41, 5.74) is -0.441. The van der Waals surface area contributed by atoms with Crippen LogP contribution in [-0.2, 0) is 4.74 Å². The Morgan fingerprint density at radius 2 is 2.28 bits per heavy atom. The lowest BCUT2D eigenvalue weighted by atomic mass is 10.2. The number of nitrogens with zero attached hydrogens (tertiary/aromatic N) is 2. The molecule has 0 bridgehead atoms. The van der Waals surface area contributed by atoms with Gasteiger partial charge >= 0.3 is 6.09 Å². The SMILES string of the molecule is Cc1cnc(C2CCCN2C(=O)OC(C)(C)C)s1. The van der Waals surface area contributed by atoms with E-state index in [9.17, 15) is 4.79 Å². The number of aromatic nitrogens is 1. The summed E-state index contributed by atoms with van der Waals surface area (Å²) in [4.78, 5) is 19.5. The van der Waals surface area contributed by atoms with Crippen molar-refractivity contribution in [2.75, 3.05) is 6.54 Å². The minimum Gasteiger partial charge on any atom is -0.444 e. The predicted octanol–water partition coefficient (Wildman–Crippen LogP) is 3.52. The normalized spacial score (nSPS) is 20.2. The first-order chi connectivity index (χ1) is 8.37. The number of hydrogen-bond donors (Lipinski definition) is 0. The van der Waals surface area contributed by atoms with Gasteiger partial charge in [0, 0.05) is 17.6 Å². The number of ether oxygens (including phenoxy) is 1. The Hall–Kier alpha value is -1.10. The molecule has 1 amide bonds. The number of carbonyl (C=O) groups is 1. The molecule has 100 valence electrons. The van der Waals surface area contributed by atoms with Gasteiger partial charge in [-0.05, 0) is 40.5 Å². The Morgan fingerprint density at radius 1 is 1.56 bits per heavy atom. The number of carbonyl (C=O) groups excluding carboxylic acids is 1. The Bertz CT molecular complexity index is 436. The van der Waals surface area contributed by atoms with Crippen LogP contribution in [0.1, 0.15) is 49.5 Å². The van der Waals surface area contributed by atoms with E-state index in [1.54, 1.807) is 11.3 Å². The van der Waals surface area contributed by atoms with E-state index in [1.165, 1.54) is 4.88 Å². The van der Waals surface area contributed by atoms with Crippen molar-refractivity contribution in [2.45, 2.75) is 52.2 Å². The Morgan fingerprint density at radius 3 is 2.83 bits per heavy atom. The third-order valence-corrected chi connectivity index (χ3v) is 3.82. The van der Waals surface area contributed by atoms with Crippen LogP contribution in [0.25, 0.3) is 0 Å². The van der Waals surface area contributed by atoms with Crippen LogP contribution in [-0.4, -0.2) is 28.1 Å². The van der Waals surface area contributed by atoms with Gasteiger partial charge < -0.3 is 4.74 Å². The van der Waals surface area contributed by atoms with Crippen molar-refractivity contribution >= 4 is 17.4 Å². The zero-order chi connectivity index (χ0) is 13.3. The zero-order valence-corrected chi connectivity index (χ0v) is 12.2. The van der Waals surface area contributed by atoms with Crippen molar-refractivity contribution in [3.8, 4) is 0 Å². The van der Waals surface area contributed by atoms with Gasteiger partial charge in [-0.2, -0.15) is 0 Å². The molecule has 5 heteroatoms. The molecule has 0 spiro atoms. The van der Waals surface area contributed by atoms with E-state index in [2.05, 4.69) is 4.98 Å². The minimum atomic E-state index is -0.441. The minimum absolute atomic E-state index is 0.0959. The molecular weight excluding hydrogens is 248 g/mol. The van der Waals surface area contributed by atoms with Crippen LogP contribution in [0.15, 0.2) is 6.20 Å². The van der Waals surface area contributed by atoms with Crippen molar-refractivity contribution in [2.24, 2.45) is 0 Å². The highest BCUT2D eigenvalue weighted by molar-refractivity contribution is 7.11. The molecule has 0 N–H and O–H groups in total. The summed E-state index contributed by atoms with van der Waals surface area (Å²) >= 11 is 1.66. The molecule has 2 rings (SSSR count). The summed E-state index contributed by atoms with van der Waals surface area (Å²) < 4.78 is 5.44. The fraction of sp³-hybridized carbons (Fsp3) is 0.692. The molecule has 1 saturated heterocycles. The molecule has 0 aromatic carbocycles. The third-order valence-electron chi connectivity index (χ3n) is 2.81. The molecule has 1 aliphatic rings. The van der Waals surface area contributed by atoms with Gasteiger partial charge in [-0.3, -0.25) is 4.90 Å². The van der Waals surface area contributed by atoms with E-state index < -0.39 is 5.60 Å². The number of hydrogen-bond acceptors (Lipinski definition) is 4. The molecule has 1 aliphatic heterocycles. The maximum atomic E-state index is 12.1. The van der Waals surface area contributed by atoms with Gasteiger partial charge in [0.05, 0.1) is 6.04 Å². The largest absolute Gasteiger partial charge is 0.444 e. The number of amides is 1. The van der Waals surface area contributed by atoms with Gasteiger partial charge in [0.15, 0.2) is 0 Å². The maximum absolute atomic E-state index is 12.1. The molecular formula is C13H20N2O2S. The van der Waals surface area contributed by atoms with Gasteiger partial charge in [-0.15, -0.1) is 11.3 Å². The molecule has 1 unspecified atom stereocenters. The van der Waals surface area contributed by atoms with Crippen LogP contribution >= 0.6 is 11.3 Å². The lowest BCUT2D eigenvalue weighted by molar-refractivity contribution is 0.0224. The summed E-state index contributed by atoms with van der Waals surface area (Å²) in [6.45, 7) is 8.47. The van der Waals surface area contributed by atoms with Crippen LogP contribution in [0.2, 0.25) is 0 Å². The van der Waals surface area contributed by atoms with Crippen LogP contribution in [0.3, 0.4) is 0 Å². The third kappa shape index (κ3) is 3.02. The van der Waals surface area contributed by atoms with Crippen LogP contribution in [0.4, 0.5) is 4.79 Å². The molecule has 0 radical (unpaired) electrons. The van der Waals surface area contributed by atoms with Gasteiger partial charge in [0.1, 0.15) is 10.6 Å². The number of aryl methyl sites for hydroxylation is 1. The van der Waals surface area contributed by atoms with Gasteiger partial charge in [0.2, 0.25) is 0 Å². The van der Waals surface area contributed by atoms with Crippen molar-refractivity contribution in [3.05, 3.63) is 16.1 Å². The first-order valence-electron chi connectivity index (χ1n) is 6.29. The number of rotatable bonds is 1. The summed E-state index contributed by atoms with van der Waals surface area (Å²) in [6.07, 6.45) is 3.64. The predicted molar refractivity (Wildman–Crippen MR) is 71.8 cm³/mol. The Labute approximate surface area is 112 Å². The summed E-state index contributed by atoms with van der Waals surface area (Å²) in [5, 5.41) is 1.02. The summed E-state index contributed by atoms with van der Waals surface area (Å²) in [7, 11) is 0. The number of thiazole rings is 1.